The second kappa shape index (κ2) is 3.98. The molecule has 0 aliphatic carbocycles. The molecule has 0 aromatic carbocycles. The van der Waals surface area contributed by atoms with Crippen LogP contribution in [0, 0.1) is 0 Å². The van der Waals surface area contributed by atoms with Crippen LogP contribution in [-0.2, 0) is 4.74 Å². The fourth-order valence-electron chi connectivity index (χ4n) is 1.56. The minimum absolute atomic E-state index is 0.0485. The first-order valence-electron chi connectivity index (χ1n) is 4.95. The average Bonchev–Trinajstić information content (AvgIpc) is 2.17. The maximum absolute atomic E-state index is 11.0. The molecule has 0 bridgehead atoms. The van der Waals surface area contributed by atoms with Crippen molar-refractivity contribution < 1.29 is 9.53 Å². The molecule has 4 heteroatoms. The Bertz CT molecular complexity index is 355. The molecule has 0 amide bonds. The van der Waals surface area contributed by atoms with Crippen molar-refractivity contribution in [1.29, 1.82) is 0 Å². The molecule has 0 atom stereocenters. The van der Waals surface area contributed by atoms with Gasteiger partial charge in [-0.3, -0.25) is 4.79 Å². The van der Waals surface area contributed by atoms with Gasteiger partial charge in [0.1, 0.15) is 5.82 Å². The topological polar surface area (TPSA) is 42.4 Å². The second-order valence-corrected chi connectivity index (χ2v) is 3.72. The Morgan fingerprint density at radius 1 is 1.53 bits per heavy atom. The molecule has 15 heavy (non-hydrogen) atoms. The largest absolute Gasteiger partial charge is 0.378 e. The van der Waals surface area contributed by atoms with Crippen LogP contribution in [0.15, 0.2) is 18.3 Å². The van der Waals surface area contributed by atoms with Crippen molar-refractivity contribution in [2.24, 2.45) is 0 Å². The minimum atomic E-state index is 0.0485. The lowest BCUT2D eigenvalue weighted by atomic mass is 10.1. The van der Waals surface area contributed by atoms with Crippen LogP contribution < -0.4 is 4.90 Å². The lowest BCUT2D eigenvalue weighted by Gasteiger charge is -2.38. The Kier molecular flexibility index (Phi) is 2.68. The van der Waals surface area contributed by atoms with E-state index >= 15 is 0 Å². The second-order valence-electron chi connectivity index (χ2n) is 3.72. The monoisotopic (exact) mass is 206 g/mol. The van der Waals surface area contributed by atoms with E-state index in [4.69, 9.17) is 4.74 Å². The van der Waals surface area contributed by atoms with E-state index in [1.54, 1.807) is 20.2 Å². The number of Topliss-reactive ketones (excluding diaryl/α,β-unsaturated/α-hetero) is 1. The summed E-state index contributed by atoms with van der Waals surface area (Å²) in [5.41, 5.74) is 0.655. The quantitative estimate of drug-likeness (QED) is 0.695. The standard InChI is InChI=1S/C11H14N2O2/c1-8(14)9-3-4-11(12-5-9)13-6-10(7-13)15-2/h3-5,10H,6-7H2,1-2H3. The molecule has 0 radical (unpaired) electrons. The van der Waals surface area contributed by atoms with Gasteiger partial charge in [0.15, 0.2) is 5.78 Å². The molecule has 1 fully saturated rings. The maximum Gasteiger partial charge on any atom is 0.161 e. The van der Waals surface area contributed by atoms with Crippen molar-refractivity contribution in [3.05, 3.63) is 23.9 Å². The zero-order valence-electron chi connectivity index (χ0n) is 8.93. The summed E-state index contributed by atoms with van der Waals surface area (Å²) in [6, 6.07) is 3.69. The zero-order valence-corrected chi connectivity index (χ0v) is 8.93. The van der Waals surface area contributed by atoms with Crippen LogP contribution in [0.5, 0.6) is 0 Å². The number of methoxy groups -OCH3 is 1. The molecule has 1 saturated heterocycles. The van der Waals surface area contributed by atoms with Crippen LogP contribution in [0.2, 0.25) is 0 Å². The number of pyridine rings is 1. The molecule has 0 N–H and O–H groups in total. The smallest absolute Gasteiger partial charge is 0.161 e. The highest BCUT2D eigenvalue weighted by molar-refractivity contribution is 5.93. The molecule has 1 aromatic rings. The van der Waals surface area contributed by atoms with Gasteiger partial charge < -0.3 is 9.64 Å². The number of rotatable bonds is 3. The predicted octanol–water partition coefficient (Wildman–Crippen LogP) is 1.12. The van der Waals surface area contributed by atoms with Gasteiger partial charge in [0, 0.05) is 32.0 Å². The van der Waals surface area contributed by atoms with Gasteiger partial charge in [-0.2, -0.15) is 0 Å². The molecule has 4 nitrogen and oxygen atoms in total. The van der Waals surface area contributed by atoms with Crippen LogP contribution in [0.3, 0.4) is 0 Å². The van der Waals surface area contributed by atoms with E-state index in [-0.39, 0.29) is 5.78 Å². The van der Waals surface area contributed by atoms with Crippen molar-refractivity contribution in [2.75, 3.05) is 25.1 Å². The molecule has 0 unspecified atom stereocenters. The van der Waals surface area contributed by atoms with Crippen LogP contribution in [0.25, 0.3) is 0 Å². The number of carbonyl (C=O) groups is 1. The van der Waals surface area contributed by atoms with Crippen LogP contribution >= 0.6 is 0 Å². The first-order valence-corrected chi connectivity index (χ1v) is 4.95. The Morgan fingerprint density at radius 3 is 2.73 bits per heavy atom. The van der Waals surface area contributed by atoms with Crippen molar-refractivity contribution in [1.82, 2.24) is 4.98 Å². The number of hydrogen-bond acceptors (Lipinski definition) is 4. The molecular formula is C11H14N2O2. The lowest BCUT2D eigenvalue weighted by molar-refractivity contribution is 0.0783. The van der Waals surface area contributed by atoms with Gasteiger partial charge in [-0.1, -0.05) is 0 Å². The number of carbonyl (C=O) groups excluding carboxylic acids is 1. The number of ketones is 1. The molecule has 1 aromatic heterocycles. The van der Waals surface area contributed by atoms with Crippen LogP contribution in [0.1, 0.15) is 17.3 Å². The van der Waals surface area contributed by atoms with E-state index in [0.29, 0.717) is 11.7 Å². The summed E-state index contributed by atoms with van der Waals surface area (Å²) < 4.78 is 5.18. The lowest BCUT2D eigenvalue weighted by Crippen LogP contribution is -2.52. The zero-order chi connectivity index (χ0) is 10.8. The molecule has 2 heterocycles. The molecule has 0 spiro atoms. The molecule has 80 valence electrons. The summed E-state index contributed by atoms with van der Waals surface area (Å²) in [6.07, 6.45) is 1.94. The third kappa shape index (κ3) is 1.99. The van der Waals surface area contributed by atoms with E-state index in [1.807, 2.05) is 12.1 Å². The predicted molar refractivity (Wildman–Crippen MR) is 57.3 cm³/mol. The molecule has 0 saturated carbocycles. The van der Waals surface area contributed by atoms with Gasteiger partial charge >= 0.3 is 0 Å². The Hall–Kier alpha value is -1.42. The fraction of sp³-hybridized carbons (Fsp3) is 0.455. The number of anilines is 1. The first kappa shape index (κ1) is 10.1. The van der Waals surface area contributed by atoms with Crippen molar-refractivity contribution in [3.63, 3.8) is 0 Å². The Labute approximate surface area is 88.9 Å². The number of aromatic nitrogens is 1. The summed E-state index contributed by atoms with van der Waals surface area (Å²) in [6.45, 7) is 3.30. The highest BCUT2D eigenvalue weighted by Crippen LogP contribution is 2.19. The summed E-state index contributed by atoms with van der Waals surface area (Å²) in [4.78, 5) is 17.4. The van der Waals surface area contributed by atoms with E-state index in [0.717, 1.165) is 18.9 Å². The van der Waals surface area contributed by atoms with Gasteiger partial charge in [-0.15, -0.1) is 0 Å². The van der Waals surface area contributed by atoms with E-state index in [2.05, 4.69) is 9.88 Å². The van der Waals surface area contributed by atoms with Crippen molar-refractivity contribution in [3.8, 4) is 0 Å². The van der Waals surface area contributed by atoms with Gasteiger partial charge in [0.2, 0.25) is 0 Å². The van der Waals surface area contributed by atoms with Gasteiger partial charge in [0.25, 0.3) is 0 Å². The van der Waals surface area contributed by atoms with Gasteiger partial charge in [0.05, 0.1) is 6.10 Å². The van der Waals surface area contributed by atoms with E-state index in [1.165, 1.54) is 0 Å². The Balaban J connectivity index is 2.02. The maximum atomic E-state index is 11.0. The first-order chi connectivity index (χ1) is 7.20. The van der Waals surface area contributed by atoms with Crippen LogP contribution in [-0.4, -0.2) is 37.1 Å². The summed E-state index contributed by atoms with van der Waals surface area (Å²) >= 11 is 0. The van der Waals surface area contributed by atoms with Gasteiger partial charge in [-0.25, -0.2) is 4.98 Å². The SMILES string of the molecule is COC1CN(c2ccc(C(C)=O)cn2)C1. The molecular weight excluding hydrogens is 192 g/mol. The minimum Gasteiger partial charge on any atom is -0.378 e. The molecule has 1 aliphatic heterocycles. The third-order valence-electron chi connectivity index (χ3n) is 2.66. The average molecular weight is 206 g/mol. The normalized spacial score (nSPS) is 16.3. The Morgan fingerprint density at radius 2 is 2.27 bits per heavy atom. The fourth-order valence-corrected chi connectivity index (χ4v) is 1.56. The molecule has 2 rings (SSSR count). The highest BCUT2D eigenvalue weighted by atomic mass is 16.5. The van der Waals surface area contributed by atoms with Crippen molar-refractivity contribution >= 4 is 11.6 Å². The number of hydrogen-bond donors (Lipinski definition) is 0. The molecule has 1 aliphatic rings. The summed E-state index contributed by atoms with van der Waals surface area (Å²) in [7, 11) is 1.72. The van der Waals surface area contributed by atoms with E-state index < -0.39 is 0 Å². The van der Waals surface area contributed by atoms with E-state index in [9.17, 15) is 4.79 Å². The van der Waals surface area contributed by atoms with Gasteiger partial charge in [-0.05, 0) is 19.1 Å². The summed E-state index contributed by atoms with van der Waals surface area (Å²) in [5.74, 6) is 0.959. The number of nitrogens with zero attached hydrogens (tertiary/aromatic N) is 2. The third-order valence-corrected chi connectivity index (χ3v) is 2.66. The van der Waals surface area contributed by atoms with Crippen LogP contribution in [0.4, 0.5) is 5.82 Å². The van der Waals surface area contributed by atoms with Crippen molar-refractivity contribution in [2.45, 2.75) is 13.0 Å². The number of ether oxygens (including phenoxy) is 1. The summed E-state index contributed by atoms with van der Waals surface area (Å²) in [5, 5.41) is 0. The highest BCUT2D eigenvalue weighted by Gasteiger charge is 2.27.